The van der Waals surface area contributed by atoms with Crippen LogP contribution in [0, 0.1) is 5.92 Å². The molecule has 0 amide bonds. The molecule has 2 atom stereocenters. The summed E-state index contributed by atoms with van der Waals surface area (Å²) in [4.78, 5) is 12.1. The van der Waals surface area contributed by atoms with E-state index in [1.807, 2.05) is 0 Å². The average Bonchev–Trinajstić information content (AvgIpc) is 3.21. The van der Waals surface area contributed by atoms with Gasteiger partial charge < -0.3 is 16.0 Å². The second kappa shape index (κ2) is 6.75. The Morgan fingerprint density at radius 2 is 1.96 bits per heavy atom. The number of aromatic nitrogens is 2. The first-order chi connectivity index (χ1) is 12.1. The van der Waals surface area contributed by atoms with Gasteiger partial charge in [-0.05, 0) is 64.5 Å². The van der Waals surface area contributed by atoms with E-state index in [1.54, 1.807) is 0 Å². The van der Waals surface area contributed by atoms with E-state index >= 15 is 0 Å². The van der Waals surface area contributed by atoms with Gasteiger partial charge in [0.15, 0.2) is 0 Å². The fourth-order valence-electron chi connectivity index (χ4n) is 5.59. The molecule has 4 rings (SSSR count). The Hall–Kier alpha value is -1.36. The SMILES string of the molecule is CCNCC1C[C@@H](C)N(c2nc(N)nc3c2CCCC32CCCC2)C1. The molecule has 1 aromatic rings. The zero-order chi connectivity index (χ0) is 17.4. The maximum absolute atomic E-state index is 6.20. The Balaban J connectivity index is 1.68. The lowest BCUT2D eigenvalue weighted by molar-refractivity contribution is 0.357. The van der Waals surface area contributed by atoms with E-state index < -0.39 is 0 Å². The zero-order valence-corrected chi connectivity index (χ0v) is 15.9. The van der Waals surface area contributed by atoms with Crippen LogP contribution in [0.4, 0.5) is 11.8 Å². The summed E-state index contributed by atoms with van der Waals surface area (Å²) in [5.41, 5.74) is 9.22. The van der Waals surface area contributed by atoms with Crippen molar-refractivity contribution in [2.75, 3.05) is 30.3 Å². The van der Waals surface area contributed by atoms with Crippen molar-refractivity contribution in [2.45, 2.75) is 76.7 Å². The predicted octanol–water partition coefficient (Wildman–Crippen LogP) is 3.03. The van der Waals surface area contributed by atoms with Gasteiger partial charge in [0, 0.05) is 23.6 Å². The van der Waals surface area contributed by atoms with Crippen LogP contribution in [0.25, 0.3) is 0 Å². The Labute approximate surface area is 151 Å². The van der Waals surface area contributed by atoms with Crippen molar-refractivity contribution in [3.63, 3.8) is 0 Å². The molecule has 0 aromatic carbocycles. The van der Waals surface area contributed by atoms with Gasteiger partial charge in [0.25, 0.3) is 0 Å². The minimum Gasteiger partial charge on any atom is -0.368 e. The van der Waals surface area contributed by atoms with Crippen molar-refractivity contribution < 1.29 is 0 Å². The lowest BCUT2D eigenvalue weighted by Crippen LogP contribution is -2.35. The molecular formula is C20H33N5. The lowest BCUT2D eigenvalue weighted by Gasteiger charge is -2.37. The Bertz CT molecular complexity index is 623. The summed E-state index contributed by atoms with van der Waals surface area (Å²) in [5.74, 6) is 2.33. The monoisotopic (exact) mass is 343 g/mol. The highest BCUT2D eigenvalue weighted by atomic mass is 15.3. The number of nitrogens with zero attached hydrogens (tertiary/aromatic N) is 3. The minimum atomic E-state index is 0.297. The molecule has 3 N–H and O–H groups in total. The number of nitrogen functional groups attached to an aromatic ring is 1. The summed E-state index contributed by atoms with van der Waals surface area (Å²) in [7, 11) is 0. The van der Waals surface area contributed by atoms with E-state index in [-0.39, 0.29) is 0 Å². The first kappa shape index (κ1) is 17.1. The van der Waals surface area contributed by atoms with Crippen LogP contribution in [0.3, 0.4) is 0 Å². The van der Waals surface area contributed by atoms with Crippen LogP contribution in [0.1, 0.15) is 70.1 Å². The first-order valence-corrected chi connectivity index (χ1v) is 10.3. The molecule has 2 aliphatic carbocycles. The highest BCUT2D eigenvalue weighted by Gasteiger charge is 2.43. The summed E-state index contributed by atoms with van der Waals surface area (Å²) >= 11 is 0. The minimum absolute atomic E-state index is 0.297. The normalized spacial score (nSPS) is 27.8. The fraction of sp³-hybridized carbons (Fsp3) is 0.800. The molecule has 0 radical (unpaired) electrons. The van der Waals surface area contributed by atoms with E-state index in [1.165, 1.54) is 56.2 Å². The number of hydrogen-bond acceptors (Lipinski definition) is 5. The zero-order valence-electron chi connectivity index (χ0n) is 15.9. The van der Waals surface area contributed by atoms with E-state index in [0.717, 1.165) is 31.9 Å². The molecule has 3 aliphatic rings. The van der Waals surface area contributed by atoms with E-state index in [4.69, 9.17) is 15.7 Å². The summed E-state index contributed by atoms with van der Waals surface area (Å²) in [6.45, 7) is 7.75. The van der Waals surface area contributed by atoms with Crippen LogP contribution in [-0.4, -0.2) is 35.6 Å². The van der Waals surface area contributed by atoms with E-state index in [0.29, 0.717) is 23.3 Å². The van der Waals surface area contributed by atoms with Gasteiger partial charge in [-0.15, -0.1) is 0 Å². The molecule has 1 saturated heterocycles. The van der Waals surface area contributed by atoms with Crippen molar-refractivity contribution >= 4 is 11.8 Å². The summed E-state index contributed by atoms with van der Waals surface area (Å²) < 4.78 is 0. The molecule has 138 valence electrons. The van der Waals surface area contributed by atoms with Crippen molar-refractivity contribution in [1.82, 2.24) is 15.3 Å². The number of nitrogens with one attached hydrogen (secondary N) is 1. The topological polar surface area (TPSA) is 67.1 Å². The summed E-state index contributed by atoms with van der Waals surface area (Å²) in [5, 5.41) is 3.51. The van der Waals surface area contributed by atoms with Gasteiger partial charge in [-0.2, -0.15) is 4.98 Å². The summed E-state index contributed by atoms with van der Waals surface area (Å²) in [6.07, 6.45) is 10.2. The van der Waals surface area contributed by atoms with E-state index in [2.05, 4.69) is 24.1 Å². The van der Waals surface area contributed by atoms with Crippen molar-refractivity contribution in [3.8, 4) is 0 Å². The highest BCUT2D eigenvalue weighted by molar-refractivity contribution is 5.56. The van der Waals surface area contributed by atoms with Crippen LogP contribution in [-0.2, 0) is 11.8 Å². The molecule has 2 heterocycles. The third-order valence-electron chi connectivity index (χ3n) is 6.76. The van der Waals surface area contributed by atoms with E-state index in [9.17, 15) is 0 Å². The molecule has 25 heavy (non-hydrogen) atoms. The molecule has 1 aliphatic heterocycles. The van der Waals surface area contributed by atoms with Gasteiger partial charge in [-0.3, -0.25) is 0 Å². The van der Waals surface area contributed by atoms with Gasteiger partial charge in [0.1, 0.15) is 5.82 Å². The van der Waals surface area contributed by atoms with Gasteiger partial charge >= 0.3 is 0 Å². The Morgan fingerprint density at radius 1 is 1.20 bits per heavy atom. The predicted molar refractivity (Wildman–Crippen MR) is 103 cm³/mol. The first-order valence-electron chi connectivity index (χ1n) is 10.3. The lowest BCUT2D eigenvalue weighted by atomic mass is 9.71. The molecule has 1 spiro atoms. The molecule has 1 unspecified atom stereocenters. The molecule has 2 fully saturated rings. The third-order valence-corrected chi connectivity index (χ3v) is 6.76. The maximum Gasteiger partial charge on any atom is 0.222 e. The maximum atomic E-state index is 6.20. The number of anilines is 2. The van der Waals surface area contributed by atoms with Crippen molar-refractivity contribution in [1.29, 1.82) is 0 Å². The number of nitrogens with two attached hydrogens (primary N) is 1. The number of fused-ring (bicyclic) bond motifs is 2. The second-order valence-electron chi connectivity index (χ2n) is 8.48. The smallest absolute Gasteiger partial charge is 0.222 e. The van der Waals surface area contributed by atoms with Gasteiger partial charge in [0.2, 0.25) is 5.95 Å². The Morgan fingerprint density at radius 3 is 2.72 bits per heavy atom. The third kappa shape index (κ3) is 3.01. The van der Waals surface area contributed by atoms with Crippen molar-refractivity contribution in [2.24, 2.45) is 5.92 Å². The molecule has 0 bridgehead atoms. The van der Waals surface area contributed by atoms with Gasteiger partial charge in [-0.25, -0.2) is 4.98 Å². The molecule has 1 aromatic heterocycles. The van der Waals surface area contributed by atoms with Crippen LogP contribution in [0.15, 0.2) is 0 Å². The standard InChI is InChI=1S/C20H33N5/c1-3-22-12-15-11-14(2)25(13-15)18-16-7-6-10-20(8-4-5-9-20)17(16)23-19(21)24-18/h14-15,22H,3-13H2,1-2H3,(H2,21,23,24)/t14-,15?/m1/s1. The molecular weight excluding hydrogens is 310 g/mol. The van der Waals surface area contributed by atoms with Gasteiger partial charge in [0.05, 0.1) is 5.69 Å². The molecule has 1 saturated carbocycles. The number of hydrogen-bond donors (Lipinski definition) is 2. The largest absolute Gasteiger partial charge is 0.368 e. The Kier molecular flexibility index (Phi) is 4.61. The van der Waals surface area contributed by atoms with Gasteiger partial charge in [-0.1, -0.05) is 19.8 Å². The quantitative estimate of drug-likeness (QED) is 0.879. The molecule has 5 heteroatoms. The van der Waals surface area contributed by atoms with Crippen LogP contribution in [0.5, 0.6) is 0 Å². The molecule has 5 nitrogen and oxygen atoms in total. The summed E-state index contributed by atoms with van der Waals surface area (Å²) in [6, 6.07) is 0.531. The average molecular weight is 344 g/mol. The van der Waals surface area contributed by atoms with Crippen LogP contribution in [0.2, 0.25) is 0 Å². The second-order valence-corrected chi connectivity index (χ2v) is 8.48. The van der Waals surface area contributed by atoms with Crippen LogP contribution >= 0.6 is 0 Å². The van der Waals surface area contributed by atoms with Crippen LogP contribution < -0.4 is 16.0 Å². The number of rotatable bonds is 4. The fourth-order valence-corrected chi connectivity index (χ4v) is 5.59. The highest BCUT2D eigenvalue weighted by Crippen LogP contribution is 2.50. The van der Waals surface area contributed by atoms with Crippen molar-refractivity contribution in [3.05, 3.63) is 11.3 Å².